The van der Waals surface area contributed by atoms with Crippen LogP contribution >= 0.6 is 15.9 Å². The summed E-state index contributed by atoms with van der Waals surface area (Å²) in [4.78, 5) is 10.0. The maximum Gasteiger partial charge on any atom is 0.271 e. The van der Waals surface area contributed by atoms with Gasteiger partial charge in [0, 0.05) is 17.5 Å². The first-order chi connectivity index (χ1) is 7.80. The van der Waals surface area contributed by atoms with E-state index in [1.165, 1.54) is 18.2 Å². The summed E-state index contributed by atoms with van der Waals surface area (Å²) in [5, 5.41) is 14.9. The molecule has 2 aromatic rings. The number of rotatable bonds is 2. The lowest BCUT2D eigenvalue weighted by Crippen LogP contribution is -2.11. The lowest BCUT2D eigenvalue weighted by atomic mass is 10.2. The molecule has 0 fully saturated rings. The first-order valence-corrected chi connectivity index (χ1v) is 6.98. The fraction of sp³-hybridized carbons (Fsp3) is 0.125. The Morgan fingerprint density at radius 1 is 1.47 bits per heavy atom. The Balaban J connectivity index is 2.87. The van der Waals surface area contributed by atoms with Crippen LogP contribution in [0.15, 0.2) is 22.8 Å². The Hall–Kier alpha value is -1.48. The van der Waals surface area contributed by atoms with Crippen LogP contribution in [-0.4, -0.2) is 28.8 Å². The van der Waals surface area contributed by atoms with E-state index in [1.807, 2.05) is 0 Å². The van der Waals surface area contributed by atoms with Gasteiger partial charge in [-0.2, -0.15) is 4.09 Å². The monoisotopic (exact) mass is 319 g/mol. The maximum absolute atomic E-state index is 11.5. The van der Waals surface area contributed by atoms with Crippen molar-refractivity contribution in [2.24, 2.45) is 0 Å². The van der Waals surface area contributed by atoms with Gasteiger partial charge >= 0.3 is 0 Å². The molecule has 0 aliphatic heterocycles. The highest BCUT2D eigenvalue weighted by molar-refractivity contribution is 9.10. The Morgan fingerprint density at radius 3 is 2.65 bits per heavy atom. The third-order valence-electron chi connectivity index (χ3n) is 2.11. The SMILES string of the molecule is CS(=O)(=O)n1nc(Br)c2ccc([N+](=O)[O-])cc21. The predicted octanol–water partition coefficient (Wildman–Crippen LogP) is 1.51. The zero-order valence-electron chi connectivity index (χ0n) is 8.49. The minimum atomic E-state index is -3.60. The average molecular weight is 320 g/mol. The van der Waals surface area contributed by atoms with Gasteiger partial charge in [0.1, 0.15) is 4.60 Å². The molecule has 1 aromatic carbocycles. The van der Waals surface area contributed by atoms with Crippen molar-refractivity contribution in [1.29, 1.82) is 0 Å². The van der Waals surface area contributed by atoms with Gasteiger partial charge in [0.25, 0.3) is 15.7 Å². The van der Waals surface area contributed by atoms with Gasteiger partial charge in [0.2, 0.25) is 0 Å². The molecule has 90 valence electrons. The van der Waals surface area contributed by atoms with Gasteiger partial charge in [-0.3, -0.25) is 10.1 Å². The van der Waals surface area contributed by atoms with E-state index in [2.05, 4.69) is 21.0 Å². The lowest BCUT2D eigenvalue weighted by molar-refractivity contribution is -0.384. The van der Waals surface area contributed by atoms with E-state index >= 15 is 0 Å². The molecule has 0 unspecified atom stereocenters. The number of non-ortho nitro benzene ring substituents is 1. The standard InChI is InChI=1S/C8H6BrN3O4S/c1-17(15,16)11-7-4-5(12(13)14)2-3-6(7)8(9)10-11/h2-4H,1H3. The molecule has 0 aliphatic carbocycles. The van der Waals surface area contributed by atoms with Crippen molar-refractivity contribution in [3.63, 3.8) is 0 Å². The average Bonchev–Trinajstić information content (AvgIpc) is 2.55. The number of benzene rings is 1. The van der Waals surface area contributed by atoms with Crippen LogP contribution in [0.3, 0.4) is 0 Å². The molecular formula is C8H6BrN3O4S. The van der Waals surface area contributed by atoms with E-state index in [0.29, 0.717) is 9.99 Å². The van der Waals surface area contributed by atoms with E-state index in [-0.39, 0.29) is 11.2 Å². The van der Waals surface area contributed by atoms with Crippen molar-refractivity contribution >= 4 is 42.5 Å². The van der Waals surface area contributed by atoms with Gasteiger partial charge in [-0.15, -0.1) is 5.10 Å². The van der Waals surface area contributed by atoms with Gasteiger partial charge in [-0.05, 0) is 22.0 Å². The molecule has 0 saturated carbocycles. The number of nitro groups is 1. The maximum atomic E-state index is 11.5. The van der Waals surface area contributed by atoms with Gasteiger partial charge in [0.05, 0.1) is 16.7 Å². The molecule has 2 rings (SSSR count). The van der Waals surface area contributed by atoms with Gasteiger partial charge in [-0.25, -0.2) is 8.42 Å². The van der Waals surface area contributed by atoms with Crippen molar-refractivity contribution in [3.05, 3.63) is 32.9 Å². The van der Waals surface area contributed by atoms with E-state index in [9.17, 15) is 18.5 Å². The number of fused-ring (bicyclic) bond motifs is 1. The Morgan fingerprint density at radius 2 is 2.12 bits per heavy atom. The van der Waals surface area contributed by atoms with Crippen LogP contribution in [0.2, 0.25) is 0 Å². The fourth-order valence-electron chi connectivity index (χ4n) is 1.41. The summed E-state index contributed by atoms with van der Waals surface area (Å²) < 4.78 is 24.0. The van der Waals surface area contributed by atoms with Crippen molar-refractivity contribution < 1.29 is 13.3 Å². The minimum Gasteiger partial charge on any atom is -0.258 e. The third kappa shape index (κ3) is 2.03. The second-order valence-electron chi connectivity index (χ2n) is 3.36. The Kier molecular flexibility index (Phi) is 2.66. The lowest BCUT2D eigenvalue weighted by Gasteiger charge is -1.98. The van der Waals surface area contributed by atoms with Crippen molar-refractivity contribution in [2.45, 2.75) is 0 Å². The van der Waals surface area contributed by atoms with E-state index in [4.69, 9.17) is 0 Å². The summed E-state index contributed by atoms with van der Waals surface area (Å²) in [7, 11) is -3.60. The second kappa shape index (κ2) is 3.77. The first-order valence-electron chi connectivity index (χ1n) is 4.34. The van der Waals surface area contributed by atoms with E-state index in [1.54, 1.807) is 0 Å². The number of nitro benzene ring substituents is 1. The molecule has 0 amide bonds. The molecule has 1 aromatic heterocycles. The molecular weight excluding hydrogens is 314 g/mol. The molecule has 0 saturated heterocycles. The van der Waals surface area contributed by atoms with Crippen LogP contribution < -0.4 is 0 Å². The van der Waals surface area contributed by atoms with Gasteiger partial charge in [0.15, 0.2) is 0 Å². The topological polar surface area (TPSA) is 95.1 Å². The number of hydrogen-bond acceptors (Lipinski definition) is 5. The van der Waals surface area contributed by atoms with E-state index < -0.39 is 14.9 Å². The molecule has 9 heteroatoms. The van der Waals surface area contributed by atoms with Crippen molar-refractivity contribution in [3.8, 4) is 0 Å². The second-order valence-corrected chi connectivity index (χ2v) is 5.92. The van der Waals surface area contributed by atoms with Crippen LogP contribution in [0.25, 0.3) is 10.9 Å². The summed E-state index contributed by atoms with van der Waals surface area (Å²) in [5.74, 6) is 0. The molecule has 0 spiro atoms. The number of halogens is 1. The normalized spacial score (nSPS) is 11.9. The molecule has 7 nitrogen and oxygen atoms in total. The smallest absolute Gasteiger partial charge is 0.258 e. The largest absolute Gasteiger partial charge is 0.271 e. The molecule has 0 radical (unpaired) electrons. The Labute approximate surface area is 104 Å². The summed E-state index contributed by atoms with van der Waals surface area (Å²) >= 11 is 3.11. The molecule has 0 N–H and O–H groups in total. The number of hydrogen-bond donors (Lipinski definition) is 0. The summed E-state index contributed by atoms with van der Waals surface area (Å²) in [6, 6.07) is 3.92. The molecule has 0 bridgehead atoms. The summed E-state index contributed by atoms with van der Waals surface area (Å²) in [6.45, 7) is 0. The van der Waals surface area contributed by atoms with Crippen molar-refractivity contribution in [2.75, 3.05) is 6.26 Å². The third-order valence-corrected chi connectivity index (χ3v) is 3.61. The van der Waals surface area contributed by atoms with Crippen LogP contribution in [0.4, 0.5) is 5.69 Å². The molecule has 1 heterocycles. The first kappa shape index (κ1) is 12.0. The highest BCUT2D eigenvalue weighted by Gasteiger charge is 2.18. The summed E-state index contributed by atoms with van der Waals surface area (Å²) in [5.41, 5.74) is -0.0108. The molecule has 0 aliphatic rings. The fourth-order valence-corrected chi connectivity index (χ4v) is 2.74. The molecule has 17 heavy (non-hydrogen) atoms. The highest BCUT2D eigenvalue weighted by Crippen LogP contribution is 2.27. The van der Waals surface area contributed by atoms with E-state index in [0.717, 1.165) is 10.3 Å². The molecule has 0 atom stereocenters. The van der Waals surface area contributed by atoms with Crippen LogP contribution in [0.5, 0.6) is 0 Å². The predicted molar refractivity (Wildman–Crippen MR) is 64.3 cm³/mol. The van der Waals surface area contributed by atoms with Crippen LogP contribution in [-0.2, 0) is 10.0 Å². The quantitative estimate of drug-likeness (QED) is 0.617. The van der Waals surface area contributed by atoms with Gasteiger partial charge < -0.3 is 0 Å². The summed E-state index contributed by atoms with van der Waals surface area (Å²) in [6.07, 6.45) is 0.977. The number of aromatic nitrogens is 2. The Bertz CT molecular complexity index is 722. The van der Waals surface area contributed by atoms with Crippen molar-refractivity contribution in [1.82, 2.24) is 9.19 Å². The zero-order valence-corrected chi connectivity index (χ0v) is 10.9. The van der Waals surface area contributed by atoms with Crippen LogP contribution in [0.1, 0.15) is 0 Å². The number of nitrogens with zero attached hydrogens (tertiary/aromatic N) is 3. The minimum absolute atomic E-state index is 0.175. The zero-order chi connectivity index (χ0) is 12.8. The van der Waals surface area contributed by atoms with Crippen LogP contribution in [0, 0.1) is 10.1 Å². The highest BCUT2D eigenvalue weighted by atomic mass is 79.9. The van der Waals surface area contributed by atoms with Gasteiger partial charge in [-0.1, -0.05) is 0 Å².